The van der Waals surface area contributed by atoms with E-state index in [2.05, 4.69) is 15.9 Å². The minimum atomic E-state index is -1.05. The largest absolute Gasteiger partial charge is 0.496 e. The van der Waals surface area contributed by atoms with Gasteiger partial charge in [-0.2, -0.15) is 0 Å². The molecule has 1 atom stereocenters. The van der Waals surface area contributed by atoms with E-state index in [1.165, 1.54) is 25.3 Å². The zero-order valence-electron chi connectivity index (χ0n) is 10.3. The molecule has 0 aliphatic heterocycles. The summed E-state index contributed by atoms with van der Waals surface area (Å²) < 4.78 is 18.8. The Morgan fingerprint density at radius 3 is 2.50 bits per heavy atom. The van der Waals surface area contributed by atoms with Gasteiger partial charge in [0.2, 0.25) is 0 Å². The number of rotatable bonds is 3. The van der Waals surface area contributed by atoms with E-state index >= 15 is 0 Å². The highest BCUT2D eigenvalue weighted by atomic mass is 79.9. The Hall–Kier alpha value is -0.810. The van der Waals surface area contributed by atoms with Gasteiger partial charge < -0.3 is 9.84 Å². The normalized spacial score (nSPS) is 12.3. The van der Waals surface area contributed by atoms with Crippen LogP contribution in [0.4, 0.5) is 4.39 Å². The lowest BCUT2D eigenvalue weighted by atomic mass is 10.0. The van der Waals surface area contributed by atoms with Crippen LogP contribution >= 0.6 is 39.1 Å². The average molecular weight is 380 g/mol. The van der Waals surface area contributed by atoms with E-state index in [4.69, 9.17) is 27.9 Å². The van der Waals surface area contributed by atoms with E-state index in [1.54, 1.807) is 12.1 Å². The molecule has 0 aliphatic rings. The standard InChI is InChI=1S/C14H10BrCl2FO2/c1-20-13-6-12(18)10(15)5-9(13)14(19)8-3-2-7(16)4-11(8)17/h2-6,14,19H,1H3. The summed E-state index contributed by atoms with van der Waals surface area (Å²) >= 11 is 15.0. The minimum absolute atomic E-state index is 0.234. The summed E-state index contributed by atoms with van der Waals surface area (Å²) in [5.74, 6) is -0.232. The Kier molecular flexibility index (Phi) is 4.91. The first-order valence-electron chi connectivity index (χ1n) is 5.60. The number of halogens is 4. The van der Waals surface area contributed by atoms with Crippen LogP contribution in [0.5, 0.6) is 5.75 Å². The van der Waals surface area contributed by atoms with Gasteiger partial charge in [0.1, 0.15) is 17.7 Å². The molecule has 0 aromatic heterocycles. The topological polar surface area (TPSA) is 29.5 Å². The molecule has 2 nitrogen and oxygen atoms in total. The van der Waals surface area contributed by atoms with E-state index in [0.717, 1.165) is 0 Å². The van der Waals surface area contributed by atoms with Crippen molar-refractivity contribution in [2.45, 2.75) is 6.10 Å². The molecule has 0 saturated heterocycles. The Balaban J connectivity index is 2.52. The van der Waals surface area contributed by atoms with Gasteiger partial charge in [-0.25, -0.2) is 4.39 Å². The summed E-state index contributed by atoms with van der Waals surface area (Å²) in [6.07, 6.45) is -1.05. The molecular formula is C14H10BrCl2FO2. The third-order valence-electron chi connectivity index (χ3n) is 2.82. The quantitative estimate of drug-likeness (QED) is 0.814. The fourth-order valence-electron chi connectivity index (χ4n) is 1.83. The molecule has 0 fully saturated rings. The second-order valence-electron chi connectivity index (χ2n) is 4.08. The monoisotopic (exact) mass is 378 g/mol. The van der Waals surface area contributed by atoms with E-state index < -0.39 is 11.9 Å². The van der Waals surface area contributed by atoms with Crippen molar-refractivity contribution < 1.29 is 14.2 Å². The predicted octanol–water partition coefficient (Wildman–Crippen LogP) is 4.99. The van der Waals surface area contributed by atoms with Crippen molar-refractivity contribution in [3.63, 3.8) is 0 Å². The van der Waals surface area contributed by atoms with E-state index in [9.17, 15) is 9.50 Å². The molecule has 20 heavy (non-hydrogen) atoms. The first-order chi connectivity index (χ1) is 9.43. The summed E-state index contributed by atoms with van der Waals surface area (Å²) in [5, 5.41) is 11.2. The van der Waals surface area contributed by atoms with Gasteiger partial charge in [-0.3, -0.25) is 0 Å². The number of ether oxygens (including phenoxy) is 1. The fraction of sp³-hybridized carbons (Fsp3) is 0.143. The molecule has 0 radical (unpaired) electrons. The van der Waals surface area contributed by atoms with Crippen LogP contribution in [0.2, 0.25) is 10.0 Å². The van der Waals surface area contributed by atoms with Crippen LogP contribution in [0.15, 0.2) is 34.8 Å². The molecule has 6 heteroatoms. The van der Waals surface area contributed by atoms with Gasteiger partial charge in [0, 0.05) is 27.2 Å². The van der Waals surface area contributed by atoms with Gasteiger partial charge in [0.25, 0.3) is 0 Å². The summed E-state index contributed by atoms with van der Waals surface area (Å²) in [7, 11) is 1.41. The minimum Gasteiger partial charge on any atom is -0.496 e. The van der Waals surface area contributed by atoms with Gasteiger partial charge in [-0.15, -0.1) is 0 Å². The molecule has 0 saturated carbocycles. The lowest BCUT2D eigenvalue weighted by Crippen LogP contribution is -2.04. The Bertz CT molecular complexity index is 649. The molecule has 0 bridgehead atoms. The van der Waals surface area contributed by atoms with Gasteiger partial charge in [0.05, 0.1) is 11.6 Å². The second-order valence-corrected chi connectivity index (χ2v) is 5.77. The highest BCUT2D eigenvalue weighted by Gasteiger charge is 2.20. The zero-order valence-corrected chi connectivity index (χ0v) is 13.4. The molecule has 1 unspecified atom stereocenters. The molecule has 2 aromatic rings. The third kappa shape index (κ3) is 3.09. The average Bonchev–Trinajstić information content (AvgIpc) is 2.40. The van der Waals surface area contributed by atoms with Crippen LogP contribution in [0.3, 0.4) is 0 Å². The van der Waals surface area contributed by atoms with Crippen LogP contribution < -0.4 is 4.74 Å². The van der Waals surface area contributed by atoms with Gasteiger partial charge >= 0.3 is 0 Å². The Labute approximate surface area is 134 Å². The molecule has 106 valence electrons. The van der Waals surface area contributed by atoms with Crippen molar-refractivity contribution in [2.75, 3.05) is 7.11 Å². The number of benzene rings is 2. The van der Waals surface area contributed by atoms with Crippen LogP contribution in [0.1, 0.15) is 17.2 Å². The third-order valence-corrected chi connectivity index (χ3v) is 3.99. The summed E-state index contributed by atoms with van der Waals surface area (Å²) in [6, 6.07) is 7.44. The van der Waals surface area contributed by atoms with Crippen molar-refractivity contribution in [1.29, 1.82) is 0 Å². The lowest BCUT2D eigenvalue weighted by Gasteiger charge is -2.17. The number of methoxy groups -OCH3 is 1. The maximum atomic E-state index is 13.5. The van der Waals surface area contributed by atoms with Gasteiger partial charge in [-0.1, -0.05) is 29.3 Å². The zero-order chi connectivity index (χ0) is 14.9. The molecule has 0 spiro atoms. The number of aliphatic hydroxyl groups excluding tert-OH is 1. The van der Waals surface area contributed by atoms with Crippen LogP contribution in [-0.4, -0.2) is 12.2 Å². The molecular weight excluding hydrogens is 370 g/mol. The van der Waals surface area contributed by atoms with Crippen LogP contribution in [-0.2, 0) is 0 Å². The first kappa shape index (κ1) is 15.6. The molecule has 0 heterocycles. The smallest absolute Gasteiger partial charge is 0.141 e. The highest BCUT2D eigenvalue weighted by Crippen LogP contribution is 2.37. The van der Waals surface area contributed by atoms with Crippen molar-refractivity contribution in [3.05, 3.63) is 61.8 Å². The molecule has 2 rings (SSSR count). The second kappa shape index (κ2) is 6.31. The maximum Gasteiger partial charge on any atom is 0.141 e. The first-order valence-corrected chi connectivity index (χ1v) is 7.15. The van der Waals surface area contributed by atoms with Crippen molar-refractivity contribution >= 4 is 39.1 Å². The summed E-state index contributed by atoms with van der Waals surface area (Å²) in [4.78, 5) is 0. The van der Waals surface area contributed by atoms with Crippen LogP contribution in [0, 0.1) is 5.82 Å². The van der Waals surface area contributed by atoms with Gasteiger partial charge in [0.15, 0.2) is 0 Å². The SMILES string of the molecule is COc1cc(F)c(Br)cc1C(O)c1ccc(Cl)cc1Cl. The predicted molar refractivity (Wildman–Crippen MR) is 81.2 cm³/mol. The number of hydrogen-bond acceptors (Lipinski definition) is 2. The lowest BCUT2D eigenvalue weighted by molar-refractivity contribution is 0.214. The molecule has 1 N–H and O–H groups in total. The number of aliphatic hydroxyl groups is 1. The summed E-state index contributed by atoms with van der Waals surface area (Å²) in [6.45, 7) is 0. The Morgan fingerprint density at radius 1 is 1.20 bits per heavy atom. The van der Waals surface area contributed by atoms with Crippen LogP contribution in [0.25, 0.3) is 0 Å². The van der Waals surface area contributed by atoms with E-state index in [-0.39, 0.29) is 10.2 Å². The maximum absolute atomic E-state index is 13.5. The van der Waals surface area contributed by atoms with Crippen molar-refractivity contribution in [1.82, 2.24) is 0 Å². The summed E-state index contributed by atoms with van der Waals surface area (Å²) in [5.41, 5.74) is 0.873. The highest BCUT2D eigenvalue weighted by molar-refractivity contribution is 9.10. The molecule has 2 aromatic carbocycles. The number of hydrogen-bond donors (Lipinski definition) is 1. The van der Waals surface area contributed by atoms with E-state index in [1.807, 2.05) is 0 Å². The van der Waals surface area contributed by atoms with Crippen molar-refractivity contribution in [2.24, 2.45) is 0 Å². The molecule has 0 amide bonds. The fourth-order valence-corrected chi connectivity index (χ4v) is 2.70. The van der Waals surface area contributed by atoms with Crippen molar-refractivity contribution in [3.8, 4) is 5.75 Å². The molecule has 0 aliphatic carbocycles. The Morgan fingerprint density at radius 2 is 1.90 bits per heavy atom. The van der Waals surface area contributed by atoms with E-state index in [0.29, 0.717) is 21.2 Å². The van der Waals surface area contributed by atoms with Gasteiger partial charge in [-0.05, 0) is 34.1 Å².